The monoisotopic (exact) mass is 371 g/mol. The van der Waals surface area contributed by atoms with Crippen LogP contribution in [0.4, 0.5) is 17.3 Å². The van der Waals surface area contributed by atoms with E-state index in [1.54, 1.807) is 0 Å². The van der Waals surface area contributed by atoms with Crippen molar-refractivity contribution in [1.82, 2.24) is 9.97 Å². The molecule has 140 valence electrons. The molecule has 6 nitrogen and oxygen atoms in total. The highest BCUT2D eigenvalue weighted by Gasteiger charge is 2.16. The minimum absolute atomic E-state index is 0.0170. The molecular formula is C22H21N5O. The molecule has 0 bridgehead atoms. The van der Waals surface area contributed by atoms with Crippen molar-refractivity contribution in [3.8, 4) is 17.3 Å². The van der Waals surface area contributed by atoms with Gasteiger partial charge in [0.1, 0.15) is 11.6 Å². The van der Waals surface area contributed by atoms with Crippen LogP contribution in [0, 0.1) is 18.3 Å². The van der Waals surface area contributed by atoms with Crippen LogP contribution < -0.4 is 15.8 Å². The van der Waals surface area contributed by atoms with Gasteiger partial charge in [0.15, 0.2) is 0 Å². The molecule has 0 unspecified atom stereocenters. The summed E-state index contributed by atoms with van der Waals surface area (Å²) in [4.78, 5) is 21.9. The second-order valence-corrected chi connectivity index (χ2v) is 6.98. The van der Waals surface area contributed by atoms with Gasteiger partial charge in [-0.15, -0.1) is 0 Å². The second-order valence-electron chi connectivity index (χ2n) is 6.98. The summed E-state index contributed by atoms with van der Waals surface area (Å²) >= 11 is 0. The first-order valence-corrected chi connectivity index (χ1v) is 9.37. The first-order chi connectivity index (χ1) is 13.6. The molecule has 0 amide bonds. The number of anilines is 3. The van der Waals surface area contributed by atoms with Crippen molar-refractivity contribution in [2.75, 3.05) is 23.3 Å². The van der Waals surface area contributed by atoms with E-state index in [0.29, 0.717) is 11.6 Å². The molecule has 2 N–H and O–H groups in total. The number of hydrogen-bond acceptors (Lipinski definition) is 5. The Bertz CT molecular complexity index is 1070. The van der Waals surface area contributed by atoms with Crippen LogP contribution in [0.1, 0.15) is 24.0 Å². The number of benzene rings is 2. The standard InChI is InChI=1S/C22H21N5O/c1-15-4-8-17(9-5-15)24-22-25-20(19(14-23)21(28)26-22)16-6-10-18(11-7-16)27-12-2-3-13-27/h4-11H,2-3,12-13H2,1H3,(H2,24,25,26,28). The lowest BCUT2D eigenvalue weighted by Crippen LogP contribution is -2.17. The van der Waals surface area contributed by atoms with E-state index in [2.05, 4.69) is 20.2 Å². The minimum Gasteiger partial charge on any atom is -0.372 e. The SMILES string of the molecule is Cc1ccc(Nc2nc(-c3ccc(N4CCCC4)cc3)c(C#N)c(=O)[nH]2)cc1. The lowest BCUT2D eigenvalue weighted by atomic mass is 10.1. The molecule has 6 heteroatoms. The van der Waals surface area contributed by atoms with Crippen molar-refractivity contribution in [2.24, 2.45) is 0 Å². The zero-order chi connectivity index (χ0) is 19.5. The molecule has 1 aromatic heterocycles. The maximum Gasteiger partial charge on any atom is 0.270 e. The van der Waals surface area contributed by atoms with E-state index in [4.69, 9.17) is 0 Å². The Morgan fingerprint density at radius 3 is 2.39 bits per heavy atom. The Balaban J connectivity index is 1.69. The summed E-state index contributed by atoms with van der Waals surface area (Å²) in [6.45, 7) is 4.14. The Hall–Kier alpha value is -3.59. The highest BCUT2D eigenvalue weighted by Crippen LogP contribution is 2.26. The third kappa shape index (κ3) is 3.60. The predicted octanol–water partition coefficient (Wildman–Crippen LogP) is 3.96. The average Bonchev–Trinajstić information content (AvgIpc) is 3.24. The molecule has 2 aromatic carbocycles. The fourth-order valence-electron chi connectivity index (χ4n) is 3.42. The Morgan fingerprint density at radius 2 is 1.75 bits per heavy atom. The van der Waals surface area contributed by atoms with Crippen LogP contribution in [0.2, 0.25) is 0 Å². The largest absolute Gasteiger partial charge is 0.372 e. The molecule has 0 spiro atoms. The number of nitrogens with one attached hydrogen (secondary N) is 2. The van der Waals surface area contributed by atoms with Gasteiger partial charge in [-0.1, -0.05) is 29.8 Å². The van der Waals surface area contributed by atoms with Crippen molar-refractivity contribution >= 4 is 17.3 Å². The van der Waals surface area contributed by atoms with E-state index >= 15 is 0 Å². The zero-order valence-corrected chi connectivity index (χ0v) is 15.7. The van der Waals surface area contributed by atoms with Gasteiger partial charge in [0.25, 0.3) is 5.56 Å². The summed E-state index contributed by atoms with van der Waals surface area (Å²) in [6.07, 6.45) is 2.42. The molecule has 1 fully saturated rings. The predicted molar refractivity (Wildman–Crippen MR) is 111 cm³/mol. The van der Waals surface area contributed by atoms with E-state index in [1.165, 1.54) is 12.8 Å². The van der Waals surface area contributed by atoms with Crippen LogP contribution in [0.5, 0.6) is 0 Å². The lowest BCUT2D eigenvalue weighted by Gasteiger charge is -2.17. The number of aromatic amines is 1. The van der Waals surface area contributed by atoms with Gasteiger partial charge in [0.2, 0.25) is 5.95 Å². The van der Waals surface area contributed by atoms with E-state index in [1.807, 2.05) is 61.5 Å². The number of nitrogens with zero attached hydrogens (tertiary/aromatic N) is 3. The van der Waals surface area contributed by atoms with Crippen molar-refractivity contribution in [1.29, 1.82) is 5.26 Å². The second kappa shape index (κ2) is 7.57. The third-order valence-corrected chi connectivity index (χ3v) is 4.96. The smallest absolute Gasteiger partial charge is 0.270 e. The van der Waals surface area contributed by atoms with Gasteiger partial charge in [-0.25, -0.2) is 4.98 Å². The van der Waals surface area contributed by atoms with Gasteiger partial charge in [-0.05, 0) is 44.0 Å². The van der Waals surface area contributed by atoms with E-state index in [9.17, 15) is 10.1 Å². The van der Waals surface area contributed by atoms with Gasteiger partial charge in [0.05, 0.1) is 5.69 Å². The van der Waals surface area contributed by atoms with Gasteiger partial charge >= 0.3 is 0 Å². The van der Waals surface area contributed by atoms with Gasteiger partial charge in [0, 0.05) is 30.0 Å². The molecule has 1 aliphatic heterocycles. The summed E-state index contributed by atoms with van der Waals surface area (Å²) in [5.41, 5.74) is 3.81. The van der Waals surface area contributed by atoms with Crippen molar-refractivity contribution < 1.29 is 0 Å². The molecular weight excluding hydrogens is 350 g/mol. The van der Waals surface area contributed by atoms with Crippen LogP contribution in [0.25, 0.3) is 11.3 Å². The number of hydrogen-bond donors (Lipinski definition) is 2. The number of nitriles is 1. The highest BCUT2D eigenvalue weighted by molar-refractivity contribution is 5.70. The molecule has 2 heterocycles. The molecule has 1 saturated heterocycles. The first kappa shape index (κ1) is 17.8. The topological polar surface area (TPSA) is 84.8 Å². The number of H-pyrrole nitrogens is 1. The summed E-state index contributed by atoms with van der Waals surface area (Å²) in [7, 11) is 0. The summed E-state index contributed by atoms with van der Waals surface area (Å²) < 4.78 is 0. The molecule has 28 heavy (non-hydrogen) atoms. The minimum atomic E-state index is -0.453. The Kier molecular flexibility index (Phi) is 4.81. The van der Waals surface area contributed by atoms with E-state index in [-0.39, 0.29) is 5.56 Å². The van der Waals surface area contributed by atoms with Crippen LogP contribution in [0.3, 0.4) is 0 Å². The number of aryl methyl sites for hydroxylation is 1. The molecule has 3 aromatic rings. The van der Waals surface area contributed by atoms with Gasteiger partial charge in [-0.3, -0.25) is 9.78 Å². The highest BCUT2D eigenvalue weighted by atomic mass is 16.1. The quantitative estimate of drug-likeness (QED) is 0.725. The van der Waals surface area contributed by atoms with Crippen LogP contribution in [-0.2, 0) is 0 Å². The molecule has 4 rings (SSSR count). The molecule has 0 saturated carbocycles. The van der Waals surface area contributed by atoms with Gasteiger partial charge < -0.3 is 10.2 Å². The maximum atomic E-state index is 12.4. The van der Waals surface area contributed by atoms with E-state index in [0.717, 1.165) is 35.6 Å². The number of rotatable bonds is 4. The fourth-order valence-corrected chi connectivity index (χ4v) is 3.42. The van der Waals surface area contributed by atoms with Crippen molar-refractivity contribution in [2.45, 2.75) is 19.8 Å². The van der Waals surface area contributed by atoms with Crippen LogP contribution in [0.15, 0.2) is 53.3 Å². The summed E-state index contributed by atoms with van der Waals surface area (Å²) in [5.74, 6) is 0.312. The molecule has 0 aliphatic carbocycles. The van der Waals surface area contributed by atoms with Crippen LogP contribution in [-0.4, -0.2) is 23.1 Å². The Labute approximate surface area is 163 Å². The molecule has 0 radical (unpaired) electrons. The van der Waals surface area contributed by atoms with Gasteiger partial charge in [-0.2, -0.15) is 5.26 Å². The molecule has 1 aliphatic rings. The average molecular weight is 371 g/mol. The number of aromatic nitrogens is 2. The summed E-state index contributed by atoms with van der Waals surface area (Å²) in [5, 5.41) is 12.6. The maximum absolute atomic E-state index is 12.4. The molecule has 0 atom stereocenters. The van der Waals surface area contributed by atoms with E-state index < -0.39 is 5.56 Å². The summed E-state index contributed by atoms with van der Waals surface area (Å²) in [6, 6.07) is 17.7. The fraction of sp³-hybridized carbons (Fsp3) is 0.227. The van der Waals surface area contributed by atoms with Crippen LogP contribution >= 0.6 is 0 Å². The van der Waals surface area contributed by atoms with Crippen molar-refractivity contribution in [3.63, 3.8) is 0 Å². The zero-order valence-electron chi connectivity index (χ0n) is 15.7. The third-order valence-electron chi connectivity index (χ3n) is 4.96. The normalized spacial score (nSPS) is 13.4. The van der Waals surface area contributed by atoms with Crippen molar-refractivity contribution in [3.05, 3.63) is 70.0 Å². The Morgan fingerprint density at radius 1 is 1.07 bits per heavy atom. The lowest BCUT2D eigenvalue weighted by molar-refractivity contribution is 0.949. The first-order valence-electron chi connectivity index (χ1n) is 9.37.